The van der Waals surface area contributed by atoms with E-state index in [-0.39, 0.29) is 36.2 Å². The summed E-state index contributed by atoms with van der Waals surface area (Å²) in [5.41, 5.74) is 1.58. The predicted molar refractivity (Wildman–Crippen MR) is 146 cm³/mol. The van der Waals surface area contributed by atoms with Gasteiger partial charge in [-0.3, -0.25) is 14.5 Å². The lowest BCUT2D eigenvalue weighted by Crippen LogP contribution is -2.43. The average Bonchev–Trinajstić information content (AvgIpc) is 3.53. The molecule has 0 saturated carbocycles. The smallest absolute Gasteiger partial charge is 0.240 e. The van der Waals surface area contributed by atoms with Crippen LogP contribution in [0.15, 0.2) is 71.3 Å². The minimum Gasteiger partial charge on any atom is -0.467 e. The Morgan fingerprint density at radius 3 is 2.56 bits per heavy atom. The first-order chi connectivity index (χ1) is 18.6. The van der Waals surface area contributed by atoms with Gasteiger partial charge in [-0.1, -0.05) is 36.4 Å². The zero-order valence-electron chi connectivity index (χ0n) is 21.8. The van der Waals surface area contributed by atoms with Crippen LogP contribution >= 0.6 is 11.8 Å². The molecule has 0 fully saturated rings. The van der Waals surface area contributed by atoms with Crippen LogP contribution in [0, 0.1) is 11.6 Å². The summed E-state index contributed by atoms with van der Waals surface area (Å²) < 4.78 is 36.1. The van der Waals surface area contributed by atoms with Crippen molar-refractivity contribution in [2.75, 3.05) is 17.2 Å². The predicted octanol–water partition coefficient (Wildman–Crippen LogP) is 5.66. The Labute approximate surface area is 229 Å². The molecule has 0 unspecified atom stereocenters. The van der Waals surface area contributed by atoms with Crippen molar-refractivity contribution in [1.29, 1.82) is 0 Å². The molecular weight excluding hydrogens is 522 g/mol. The lowest BCUT2D eigenvalue weighted by atomic mass is 9.98. The van der Waals surface area contributed by atoms with Gasteiger partial charge in [0.2, 0.25) is 11.8 Å². The maximum absolute atomic E-state index is 15.2. The van der Waals surface area contributed by atoms with Crippen LogP contribution in [0.2, 0.25) is 0 Å². The van der Waals surface area contributed by atoms with Gasteiger partial charge in [0.15, 0.2) is 0 Å². The Balaban J connectivity index is 1.67. The monoisotopic (exact) mass is 550 g/mol. The van der Waals surface area contributed by atoms with Gasteiger partial charge in [-0.25, -0.2) is 13.5 Å². The molecule has 0 saturated heterocycles. The number of aromatic nitrogens is 2. The number of carbonyl (C=O) groups is 2. The minimum atomic E-state index is -0.710. The SMILES string of the molecule is CC(C)(C)n1nc(-c2ccccc2)c2c1N(CC(=O)NCc1ccco1)C(=O)CS[C@H]2c1ccc(F)cc1F. The third-order valence-corrected chi connectivity index (χ3v) is 7.59. The number of anilines is 1. The van der Waals surface area contributed by atoms with E-state index < -0.39 is 22.4 Å². The van der Waals surface area contributed by atoms with Crippen LogP contribution in [0.5, 0.6) is 0 Å². The van der Waals surface area contributed by atoms with Gasteiger partial charge in [0.25, 0.3) is 0 Å². The number of nitrogens with one attached hydrogen (secondary N) is 1. The number of nitrogens with zero attached hydrogens (tertiary/aromatic N) is 3. The van der Waals surface area contributed by atoms with E-state index in [1.807, 2.05) is 51.1 Å². The molecule has 0 aliphatic carbocycles. The number of furan rings is 1. The Kier molecular flexibility index (Phi) is 7.31. The number of halogens is 2. The molecule has 0 radical (unpaired) electrons. The fourth-order valence-corrected chi connectivity index (χ4v) is 5.77. The summed E-state index contributed by atoms with van der Waals surface area (Å²) in [6, 6.07) is 16.4. The molecule has 0 bridgehead atoms. The summed E-state index contributed by atoms with van der Waals surface area (Å²) in [6.07, 6.45) is 1.52. The van der Waals surface area contributed by atoms with Gasteiger partial charge in [0.1, 0.15) is 29.8 Å². The molecule has 3 heterocycles. The molecule has 1 atom stereocenters. The molecule has 10 heteroatoms. The van der Waals surface area contributed by atoms with E-state index in [2.05, 4.69) is 5.32 Å². The van der Waals surface area contributed by atoms with Crippen molar-refractivity contribution in [2.45, 2.75) is 38.1 Å². The summed E-state index contributed by atoms with van der Waals surface area (Å²) in [5, 5.41) is 7.06. The first-order valence-electron chi connectivity index (χ1n) is 12.5. The summed E-state index contributed by atoms with van der Waals surface area (Å²) in [6.45, 7) is 5.75. The number of carbonyl (C=O) groups excluding carboxylic acids is 2. The van der Waals surface area contributed by atoms with Crippen molar-refractivity contribution in [2.24, 2.45) is 0 Å². The summed E-state index contributed by atoms with van der Waals surface area (Å²) in [7, 11) is 0. The lowest BCUT2D eigenvalue weighted by Gasteiger charge is -2.28. The number of hydrogen-bond donors (Lipinski definition) is 1. The van der Waals surface area contributed by atoms with Crippen LogP contribution in [0.1, 0.15) is 42.9 Å². The molecule has 1 aliphatic rings. The molecule has 1 aliphatic heterocycles. The Morgan fingerprint density at radius 2 is 1.90 bits per heavy atom. The van der Waals surface area contributed by atoms with Crippen LogP contribution in [0.4, 0.5) is 14.6 Å². The standard InChI is InChI=1S/C29H28F2N4O3S/c1-29(2,3)35-28-25(26(33-35)18-8-5-4-6-9-18)27(21-12-11-19(30)14-22(21)31)39-17-24(37)34(28)16-23(36)32-15-20-10-7-13-38-20/h4-14,27H,15-17H2,1-3H3,(H,32,36)/t27-/m0/s1. The number of thioether (sulfide) groups is 1. The highest BCUT2D eigenvalue weighted by molar-refractivity contribution is 8.00. The van der Waals surface area contributed by atoms with Gasteiger partial charge in [-0.15, -0.1) is 11.8 Å². The highest BCUT2D eigenvalue weighted by Gasteiger charge is 2.40. The van der Waals surface area contributed by atoms with E-state index in [9.17, 15) is 14.0 Å². The molecular formula is C29H28F2N4O3S. The molecule has 39 heavy (non-hydrogen) atoms. The molecule has 0 spiro atoms. The number of amides is 2. The van der Waals surface area contributed by atoms with Gasteiger partial charge in [0, 0.05) is 22.8 Å². The van der Waals surface area contributed by atoms with Crippen molar-refractivity contribution in [3.63, 3.8) is 0 Å². The molecule has 2 amide bonds. The second-order valence-corrected chi connectivity index (χ2v) is 11.3. The number of hydrogen-bond acceptors (Lipinski definition) is 5. The van der Waals surface area contributed by atoms with Gasteiger partial charge in [-0.2, -0.15) is 5.10 Å². The lowest BCUT2D eigenvalue weighted by molar-refractivity contribution is -0.123. The van der Waals surface area contributed by atoms with Gasteiger partial charge >= 0.3 is 0 Å². The third-order valence-electron chi connectivity index (χ3n) is 6.36. The van der Waals surface area contributed by atoms with Crippen LogP contribution in [0.25, 0.3) is 11.3 Å². The Hall–Kier alpha value is -3.92. The quantitative estimate of drug-likeness (QED) is 0.335. The van der Waals surface area contributed by atoms with E-state index in [1.54, 1.807) is 16.8 Å². The second kappa shape index (κ2) is 10.7. The summed E-state index contributed by atoms with van der Waals surface area (Å²) >= 11 is 1.23. The Bertz CT molecular complexity index is 1500. The van der Waals surface area contributed by atoms with Gasteiger partial charge < -0.3 is 9.73 Å². The first kappa shape index (κ1) is 26.7. The van der Waals surface area contributed by atoms with Crippen molar-refractivity contribution in [3.05, 3.63) is 95.4 Å². The van der Waals surface area contributed by atoms with Gasteiger partial charge in [-0.05, 0) is 39.0 Å². The normalized spacial score (nSPS) is 15.7. The van der Waals surface area contributed by atoms with Crippen molar-refractivity contribution in [3.8, 4) is 11.3 Å². The van der Waals surface area contributed by atoms with E-state index in [0.29, 0.717) is 22.8 Å². The molecule has 202 valence electrons. The first-order valence-corrected chi connectivity index (χ1v) is 13.5. The fraction of sp³-hybridized carbons (Fsp3) is 0.276. The molecule has 4 aromatic rings. The summed E-state index contributed by atoms with van der Waals surface area (Å²) in [4.78, 5) is 28.1. The van der Waals surface area contributed by atoms with Crippen molar-refractivity contribution in [1.82, 2.24) is 15.1 Å². The van der Waals surface area contributed by atoms with Crippen molar-refractivity contribution >= 4 is 29.4 Å². The number of rotatable bonds is 6. The zero-order chi connectivity index (χ0) is 27.7. The molecule has 7 nitrogen and oxygen atoms in total. The largest absolute Gasteiger partial charge is 0.467 e. The van der Waals surface area contributed by atoms with Crippen LogP contribution in [0.3, 0.4) is 0 Å². The maximum Gasteiger partial charge on any atom is 0.240 e. The second-order valence-electron chi connectivity index (χ2n) is 10.2. The summed E-state index contributed by atoms with van der Waals surface area (Å²) in [5.74, 6) is -1.11. The highest BCUT2D eigenvalue weighted by atomic mass is 32.2. The van der Waals surface area contributed by atoms with Gasteiger partial charge in [0.05, 0.1) is 35.0 Å². The average molecular weight is 551 g/mol. The topological polar surface area (TPSA) is 80.4 Å². The number of benzene rings is 2. The van der Waals surface area contributed by atoms with Crippen LogP contribution < -0.4 is 10.2 Å². The van der Waals surface area contributed by atoms with Crippen molar-refractivity contribution < 1.29 is 22.8 Å². The van der Waals surface area contributed by atoms with E-state index in [4.69, 9.17) is 9.52 Å². The number of fused-ring (bicyclic) bond motifs is 1. The minimum absolute atomic E-state index is 0.0139. The fourth-order valence-electron chi connectivity index (χ4n) is 4.55. The Morgan fingerprint density at radius 1 is 1.13 bits per heavy atom. The molecule has 2 aromatic carbocycles. The van der Waals surface area contributed by atoms with Crippen LogP contribution in [-0.4, -0.2) is 33.9 Å². The highest BCUT2D eigenvalue weighted by Crippen LogP contribution is 2.49. The van der Waals surface area contributed by atoms with E-state index in [1.165, 1.54) is 35.1 Å². The third kappa shape index (κ3) is 5.47. The molecule has 1 N–H and O–H groups in total. The zero-order valence-corrected chi connectivity index (χ0v) is 22.6. The molecule has 2 aromatic heterocycles. The van der Waals surface area contributed by atoms with Crippen LogP contribution in [-0.2, 0) is 21.7 Å². The van der Waals surface area contributed by atoms with E-state index in [0.717, 1.165) is 11.6 Å². The van der Waals surface area contributed by atoms with E-state index >= 15 is 4.39 Å². The molecule has 5 rings (SSSR count). The maximum atomic E-state index is 15.2.